The lowest BCUT2D eigenvalue weighted by Crippen LogP contribution is -2.26. The van der Waals surface area contributed by atoms with Gasteiger partial charge in [-0.2, -0.15) is 0 Å². The number of benzene rings is 2. The van der Waals surface area contributed by atoms with Crippen molar-refractivity contribution in [2.45, 2.75) is 12.5 Å². The van der Waals surface area contributed by atoms with Crippen LogP contribution in [0.2, 0.25) is 5.02 Å². The van der Waals surface area contributed by atoms with Crippen molar-refractivity contribution in [1.82, 2.24) is 14.1 Å². The lowest BCUT2D eigenvalue weighted by Gasteiger charge is -2.18. The fourth-order valence-corrected chi connectivity index (χ4v) is 4.64. The average Bonchev–Trinajstić information content (AvgIpc) is 3.40. The van der Waals surface area contributed by atoms with E-state index in [0.717, 1.165) is 30.9 Å². The number of hydrogen-bond acceptors (Lipinski definition) is 5. The number of imidazole rings is 1. The van der Waals surface area contributed by atoms with Crippen molar-refractivity contribution in [3.8, 4) is 27.9 Å². The summed E-state index contributed by atoms with van der Waals surface area (Å²) in [5.41, 5.74) is 15.8. The first-order valence-electron chi connectivity index (χ1n) is 10.9. The minimum absolute atomic E-state index is 0.121. The van der Waals surface area contributed by atoms with Crippen LogP contribution >= 0.6 is 11.6 Å². The summed E-state index contributed by atoms with van der Waals surface area (Å²) in [6, 6.07) is 11.8. The van der Waals surface area contributed by atoms with Crippen molar-refractivity contribution >= 4 is 23.1 Å². The molecule has 34 heavy (non-hydrogen) atoms. The van der Waals surface area contributed by atoms with Crippen LogP contribution in [0.1, 0.15) is 6.42 Å². The summed E-state index contributed by atoms with van der Waals surface area (Å²) >= 11 is 6.52. The molecule has 9 heteroatoms. The predicted octanol–water partition coefficient (Wildman–Crippen LogP) is 3.82. The standard InChI is InChI=1S/C25H24ClFN6O/c1-31-8-9-33(25(31)34)22-3-2-15(10-21(22)26)19-12-17(27)13-20(24(19)29)16-4-6-30-23(11-16)32-7-5-18(28)14-32/h2-4,6,8-13,18H,5,7,14,28-29H2,1H3/t18-/m0/s1. The van der Waals surface area contributed by atoms with Crippen LogP contribution < -0.4 is 22.1 Å². The molecule has 1 saturated heterocycles. The highest BCUT2D eigenvalue weighted by Crippen LogP contribution is 2.38. The molecule has 4 N–H and O–H groups in total. The molecule has 5 rings (SSSR count). The lowest BCUT2D eigenvalue weighted by molar-refractivity contribution is 0.629. The zero-order valence-electron chi connectivity index (χ0n) is 18.6. The van der Waals surface area contributed by atoms with Gasteiger partial charge in [-0.15, -0.1) is 0 Å². The van der Waals surface area contributed by atoms with Gasteiger partial charge in [0.05, 0.1) is 10.7 Å². The topological polar surface area (TPSA) is 95.1 Å². The number of halogens is 2. The highest BCUT2D eigenvalue weighted by Gasteiger charge is 2.21. The first-order valence-corrected chi connectivity index (χ1v) is 11.3. The number of anilines is 2. The second kappa shape index (κ2) is 8.62. The first-order chi connectivity index (χ1) is 16.3. The van der Waals surface area contributed by atoms with Crippen LogP contribution in [0.5, 0.6) is 0 Å². The van der Waals surface area contributed by atoms with E-state index >= 15 is 0 Å². The molecule has 0 spiro atoms. The molecule has 0 bridgehead atoms. The molecule has 0 saturated carbocycles. The molecular formula is C25H24ClFN6O. The molecule has 4 aromatic rings. The van der Waals surface area contributed by atoms with E-state index in [1.54, 1.807) is 43.8 Å². The summed E-state index contributed by atoms with van der Waals surface area (Å²) < 4.78 is 17.7. The molecule has 0 amide bonds. The van der Waals surface area contributed by atoms with Gasteiger partial charge < -0.3 is 20.9 Å². The number of nitrogens with zero attached hydrogens (tertiary/aromatic N) is 4. The summed E-state index contributed by atoms with van der Waals surface area (Å²) in [5, 5.41) is 0.354. The Labute approximate surface area is 201 Å². The molecule has 1 aliphatic heterocycles. The highest BCUT2D eigenvalue weighted by molar-refractivity contribution is 6.32. The maximum absolute atomic E-state index is 14.8. The Bertz CT molecular complexity index is 1450. The van der Waals surface area contributed by atoms with Crippen LogP contribution in [0.4, 0.5) is 15.9 Å². The van der Waals surface area contributed by atoms with Gasteiger partial charge in [-0.05, 0) is 53.9 Å². The summed E-state index contributed by atoms with van der Waals surface area (Å²) in [4.78, 5) is 18.9. The molecule has 0 unspecified atom stereocenters. The number of aromatic nitrogens is 3. The van der Waals surface area contributed by atoms with Crippen LogP contribution in [0.15, 0.2) is 65.8 Å². The number of aryl methyl sites for hydroxylation is 1. The van der Waals surface area contributed by atoms with Crippen LogP contribution in [0, 0.1) is 5.82 Å². The normalized spacial score (nSPS) is 15.8. The van der Waals surface area contributed by atoms with E-state index in [1.165, 1.54) is 21.3 Å². The molecule has 1 atom stereocenters. The Hall–Kier alpha value is -3.62. The van der Waals surface area contributed by atoms with Gasteiger partial charge in [0.25, 0.3) is 0 Å². The smallest absolute Gasteiger partial charge is 0.332 e. The van der Waals surface area contributed by atoms with Gasteiger partial charge >= 0.3 is 5.69 Å². The van der Waals surface area contributed by atoms with Gasteiger partial charge in [-0.25, -0.2) is 14.2 Å². The van der Waals surface area contributed by atoms with Gasteiger partial charge in [0.1, 0.15) is 11.6 Å². The number of nitrogens with two attached hydrogens (primary N) is 2. The summed E-state index contributed by atoms with van der Waals surface area (Å²) in [5.74, 6) is 0.372. The Kier molecular flexibility index (Phi) is 5.63. The van der Waals surface area contributed by atoms with Crippen LogP contribution in [0.25, 0.3) is 27.9 Å². The third kappa shape index (κ3) is 3.95. The minimum Gasteiger partial charge on any atom is -0.398 e. The maximum atomic E-state index is 14.8. The average molecular weight is 479 g/mol. The summed E-state index contributed by atoms with van der Waals surface area (Å²) in [7, 11) is 1.67. The molecule has 0 radical (unpaired) electrons. The van der Waals surface area contributed by atoms with E-state index in [9.17, 15) is 9.18 Å². The van der Waals surface area contributed by atoms with Crippen molar-refractivity contribution in [3.05, 3.63) is 82.4 Å². The van der Waals surface area contributed by atoms with Crippen molar-refractivity contribution in [1.29, 1.82) is 0 Å². The Morgan fingerprint density at radius 1 is 1.09 bits per heavy atom. The van der Waals surface area contributed by atoms with Crippen molar-refractivity contribution in [2.24, 2.45) is 12.8 Å². The van der Waals surface area contributed by atoms with Gasteiger partial charge in [0.15, 0.2) is 0 Å². The van der Waals surface area contributed by atoms with E-state index < -0.39 is 5.82 Å². The predicted molar refractivity (Wildman–Crippen MR) is 134 cm³/mol. The van der Waals surface area contributed by atoms with Crippen LogP contribution in [-0.2, 0) is 7.05 Å². The van der Waals surface area contributed by atoms with Crippen molar-refractivity contribution in [3.63, 3.8) is 0 Å². The molecule has 2 aromatic heterocycles. The third-order valence-corrected chi connectivity index (χ3v) is 6.52. The number of pyridine rings is 1. The van der Waals surface area contributed by atoms with E-state index in [1.807, 2.05) is 12.1 Å². The second-order valence-electron chi connectivity index (χ2n) is 8.54. The third-order valence-electron chi connectivity index (χ3n) is 6.22. The summed E-state index contributed by atoms with van der Waals surface area (Å²) in [6.07, 6.45) is 5.90. The maximum Gasteiger partial charge on any atom is 0.332 e. The molecule has 174 valence electrons. The van der Waals surface area contributed by atoms with Gasteiger partial charge in [0, 0.05) is 61.6 Å². The van der Waals surface area contributed by atoms with Crippen molar-refractivity contribution in [2.75, 3.05) is 23.7 Å². The SMILES string of the molecule is Cn1ccn(-c2ccc(-c3cc(F)cc(-c4ccnc(N5CC[C@H](N)C5)c4)c3N)cc2Cl)c1=O. The Morgan fingerprint density at radius 3 is 2.44 bits per heavy atom. The van der Waals surface area contributed by atoms with E-state index in [4.69, 9.17) is 23.1 Å². The minimum atomic E-state index is -0.416. The number of rotatable bonds is 4. The highest BCUT2D eigenvalue weighted by atomic mass is 35.5. The molecule has 1 aliphatic rings. The number of hydrogen-bond donors (Lipinski definition) is 2. The first kappa shape index (κ1) is 22.2. The summed E-state index contributed by atoms with van der Waals surface area (Å²) in [6.45, 7) is 1.56. The number of nitrogen functional groups attached to an aromatic ring is 1. The Balaban J connectivity index is 1.55. The molecule has 1 fully saturated rings. The van der Waals surface area contributed by atoms with E-state index in [2.05, 4.69) is 9.88 Å². The van der Waals surface area contributed by atoms with Gasteiger partial charge in [-0.3, -0.25) is 4.57 Å². The molecule has 2 aromatic carbocycles. The van der Waals surface area contributed by atoms with E-state index in [-0.39, 0.29) is 11.7 Å². The monoisotopic (exact) mass is 478 g/mol. The lowest BCUT2D eigenvalue weighted by atomic mass is 9.96. The molecule has 7 nitrogen and oxygen atoms in total. The fourth-order valence-electron chi connectivity index (χ4n) is 4.37. The van der Waals surface area contributed by atoms with Gasteiger partial charge in [-0.1, -0.05) is 17.7 Å². The molecular weight excluding hydrogens is 455 g/mol. The fraction of sp³-hybridized carbons (Fsp3) is 0.200. The van der Waals surface area contributed by atoms with E-state index in [0.29, 0.717) is 33.1 Å². The zero-order chi connectivity index (χ0) is 24.0. The zero-order valence-corrected chi connectivity index (χ0v) is 19.3. The van der Waals surface area contributed by atoms with Crippen LogP contribution in [-0.4, -0.2) is 33.2 Å². The quantitative estimate of drug-likeness (QED) is 0.435. The Morgan fingerprint density at radius 2 is 1.82 bits per heavy atom. The largest absolute Gasteiger partial charge is 0.398 e. The van der Waals surface area contributed by atoms with Crippen LogP contribution in [0.3, 0.4) is 0 Å². The molecule has 3 heterocycles. The second-order valence-corrected chi connectivity index (χ2v) is 8.95. The van der Waals surface area contributed by atoms with Crippen molar-refractivity contribution < 1.29 is 4.39 Å². The van der Waals surface area contributed by atoms with Gasteiger partial charge in [0.2, 0.25) is 0 Å². The molecule has 0 aliphatic carbocycles.